The van der Waals surface area contributed by atoms with E-state index in [0.717, 1.165) is 5.39 Å². The van der Waals surface area contributed by atoms with E-state index in [9.17, 15) is 4.79 Å². The van der Waals surface area contributed by atoms with E-state index in [4.69, 9.17) is 14.2 Å². The van der Waals surface area contributed by atoms with Gasteiger partial charge in [-0.15, -0.1) is 0 Å². The fourth-order valence-electron chi connectivity index (χ4n) is 1.84. The highest BCUT2D eigenvalue weighted by Gasteiger charge is 2.16. The van der Waals surface area contributed by atoms with Gasteiger partial charge in [-0.05, 0) is 28.9 Å². The van der Waals surface area contributed by atoms with Crippen LogP contribution in [0.2, 0.25) is 0 Å². The molecular weight excluding hydrogens is 326 g/mol. The van der Waals surface area contributed by atoms with E-state index in [1.54, 1.807) is 33.3 Å². The Labute approximate surface area is 125 Å². The van der Waals surface area contributed by atoms with Crippen molar-refractivity contribution in [2.75, 3.05) is 20.8 Å². The van der Waals surface area contributed by atoms with Crippen molar-refractivity contribution in [2.45, 2.75) is 6.92 Å². The minimum Gasteiger partial charge on any atom is -0.493 e. The van der Waals surface area contributed by atoms with Gasteiger partial charge >= 0.3 is 5.97 Å². The first-order valence-electron chi connectivity index (χ1n) is 5.99. The Kier molecular flexibility index (Phi) is 4.44. The molecule has 0 aliphatic heterocycles. The van der Waals surface area contributed by atoms with Crippen LogP contribution in [0.5, 0.6) is 11.5 Å². The number of benzene rings is 1. The third kappa shape index (κ3) is 2.56. The SMILES string of the molecule is CCOC(=O)c1cnc2cc(OC)c(OC)cc2c1Br. The number of nitrogens with zero attached hydrogens (tertiary/aromatic N) is 1. The van der Waals surface area contributed by atoms with Gasteiger partial charge in [0.25, 0.3) is 0 Å². The van der Waals surface area contributed by atoms with Gasteiger partial charge in [0, 0.05) is 22.1 Å². The molecule has 0 N–H and O–H groups in total. The highest BCUT2D eigenvalue weighted by atomic mass is 79.9. The van der Waals surface area contributed by atoms with Gasteiger partial charge in [-0.2, -0.15) is 0 Å². The molecule has 0 fully saturated rings. The lowest BCUT2D eigenvalue weighted by molar-refractivity contribution is 0.0525. The molecule has 2 aromatic rings. The fraction of sp³-hybridized carbons (Fsp3) is 0.286. The first kappa shape index (κ1) is 14.6. The van der Waals surface area contributed by atoms with Gasteiger partial charge in [0.2, 0.25) is 0 Å². The van der Waals surface area contributed by atoms with Gasteiger partial charge in [0.15, 0.2) is 11.5 Å². The summed E-state index contributed by atoms with van der Waals surface area (Å²) in [5.74, 6) is 0.746. The predicted octanol–water partition coefficient (Wildman–Crippen LogP) is 3.19. The molecule has 0 atom stereocenters. The number of ether oxygens (including phenoxy) is 3. The molecule has 5 nitrogen and oxygen atoms in total. The van der Waals surface area contributed by atoms with Gasteiger partial charge in [-0.1, -0.05) is 0 Å². The molecule has 1 aromatic heterocycles. The molecule has 0 spiro atoms. The van der Waals surface area contributed by atoms with Crippen molar-refractivity contribution < 1.29 is 19.0 Å². The van der Waals surface area contributed by atoms with Crippen LogP contribution in [-0.4, -0.2) is 31.8 Å². The molecule has 2 rings (SSSR count). The fourth-order valence-corrected chi connectivity index (χ4v) is 2.42. The maximum absolute atomic E-state index is 11.8. The number of esters is 1. The smallest absolute Gasteiger partial charge is 0.340 e. The number of methoxy groups -OCH3 is 2. The number of fused-ring (bicyclic) bond motifs is 1. The molecule has 6 heteroatoms. The Balaban J connectivity index is 2.63. The second-order valence-electron chi connectivity index (χ2n) is 3.93. The minimum atomic E-state index is -0.413. The van der Waals surface area contributed by atoms with Crippen molar-refractivity contribution >= 4 is 32.8 Å². The summed E-state index contributed by atoms with van der Waals surface area (Å²) in [6.07, 6.45) is 1.48. The number of pyridine rings is 1. The van der Waals surface area contributed by atoms with Crippen molar-refractivity contribution in [2.24, 2.45) is 0 Å². The summed E-state index contributed by atoms with van der Waals surface area (Å²) in [4.78, 5) is 16.1. The quantitative estimate of drug-likeness (QED) is 0.800. The van der Waals surface area contributed by atoms with E-state index in [1.807, 2.05) is 0 Å². The normalized spacial score (nSPS) is 10.4. The van der Waals surface area contributed by atoms with Gasteiger partial charge in [0.05, 0.1) is 31.9 Å². The first-order valence-corrected chi connectivity index (χ1v) is 6.79. The Morgan fingerprint density at radius 3 is 2.50 bits per heavy atom. The average molecular weight is 340 g/mol. The lowest BCUT2D eigenvalue weighted by atomic mass is 10.1. The Morgan fingerprint density at radius 2 is 1.90 bits per heavy atom. The number of aromatic nitrogens is 1. The van der Waals surface area contributed by atoms with Gasteiger partial charge in [-0.3, -0.25) is 4.98 Å². The number of hydrogen-bond acceptors (Lipinski definition) is 5. The second-order valence-corrected chi connectivity index (χ2v) is 4.72. The van der Waals surface area contributed by atoms with Gasteiger partial charge in [0.1, 0.15) is 0 Å². The molecule has 106 valence electrons. The largest absolute Gasteiger partial charge is 0.493 e. The van der Waals surface area contributed by atoms with Crippen molar-refractivity contribution in [3.63, 3.8) is 0 Å². The third-order valence-corrected chi connectivity index (χ3v) is 3.66. The number of halogens is 1. The Morgan fingerprint density at radius 1 is 1.25 bits per heavy atom. The molecule has 0 aliphatic carbocycles. The number of hydrogen-bond donors (Lipinski definition) is 0. The summed E-state index contributed by atoms with van der Waals surface area (Å²) in [7, 11) is 3.12. The highest BCUT2D eigenvalue weighted by Crippen LogP contribution is 2.35. The van der Waals surface area contributed by atoms with Crippen molar-refractivity contribution in [1.29, 1.82) is 0 Å². The topological polar surface area (TPSA) is 57.7 Å². The zero-order valence-electron chi connectivity index (χ0n) is 11.4. The summed E-state index contributed by atoms with van der Waals surface area (Å²) in [5, 5.41) is 0.758. The predicted molar refractivity (Wildman–Crippen MR) is 78.5 cm³/mol. The van der Waals surface area contributed by atoms with E-state index in [2.05, 4.69) is 20.9 Å². The standard InChI is InChI=1S/C14H14BrNO4/c1-4-20-14(17)9-7-16-10-6-12(19-3)11(18-2)5-8(10)13(9)15/h5-7H,4H2,1-3H3. The van der Waals surface area contributed by atoms with Crippen LogP contribution in [0.3, 0.4) is 0 Å². The monoisotopic (exact) mass is 339 g/mol. The zero-order chi connectivity index (χ0) is 14.7. The Bertz CT molecular complexity index is 657. The lowest BCUT2D eigenvalue weighted by Gasteiger charge is -2.11. The van der Waals surface area contributed by atoms with Crippen LogP contribution in [0.15, 0.2) is 22.8 Å². The van der Waals surface area contributed by atoms with Crippen LogP contribution in [0.25, 0.3) is 10.9 Å². The molecule has 20 heavy (non-hydrogen) atoms. The molecule has 0 amide bonds. The van der Waals surface area contributed by atoms with Gasteiger partial charge in [-0.25, -0.2) is 4.79 Å². The Hall–Kier alpha value is -1.82. The molecule has 0 radical (unpaired) electrons. The maximum atomic E-state index is 11.8. The van der Waals surface area contributed by atoms with Crippen molar-refractivity contribution in [3.05, 3.63) is 28.4 Å². The maximum Gasteiger partial charge on any atom is 0.340 e. The number of carbonyl (C=O) groups is 1. The van der Waals surface area contributed by atoms with Crippen LogP contribution in [-0.2, 0) is 4.74 Å². The average Bonchev–Trinajstić information content (AvgIpc) is 2.46. The molecule has 0 saturated carbocycles. The van der Waals surface area contributed by atoms with Gasteiger partial charge < -0.3 is 14.2 Å². The number of carbonyl (C=O) groups excluding carboxylic acids is 1. The molecule has 1 aromatic carbocycles. The van der Waals surface area contributed by atoms with Crippen LogP contribution < -0.4 is 9.47 Å². The van der Waals surface area contributed by atoms with E-state index < -0.39 is 5.97 Å². The summed E-state index contributed by atoms with van der Waals surface area (Å²) in [6.45, 7) is 2.07. The van der Waals surface area contributed by atoms with Crippen LogP contribution in [0.4, 0.5) is 0 Å². The summed E-state index contributed by atoms with van der Waals surface area (Å²) in [5.41, 5.74) is 1.08. The number of rotatable bonds is 4. The minimum absolute atomic E-state index is 0.315. The lowest BCUT2D eigenvalue weighted by Crippen LogP contribution is -2.06. The molecule has 0 aliphatic rings. The summed E-state index contributed by atoms with van der Waals surface area (Å²) < 4.78 is 16.1. The molecular formula is C14H14BrNO4. The van der Waals surface area contributed by atoms with E-state index in [0.29, 0.717) is 33.7 Å². The van der Waals surface area contributed by atoms with Crippen LogP contribution >= 0.6 is 15.9 Å². The third-order valence-electron chi connectivity index (χ3n) is 2.80. The second kappa shape index (κ2) is 6.09. The van der Waals surface area contributed by atoms with E-state index in [1.165, 1.54) is 6.20 Å². The van der Waals surface area contributed by atoms with Crippen molar-refractivity contribution in [1.82, 2.24) is 4.98 Å². The molecule has 1 heterocycles. The van der Waals surface area contributed by atoms with E-state index in [-0.39, 0.29) is 0 Å². The van der Waals surface area contributed by atoms with Crippen LogP contribution in [0, 0.1) is 0 Å². The molecule has 0 saturated heterocycles. The van der Waals surface area contributed by atoms with Crippen LogP contribution in [0.1, 0.15) is 17.3 Å². The zero-order valence-corrected chi connectivity index (χ0v) is 13.0. The van der Waals surface area contributed by atoms with E-state index >= 15 is 0 Å². The summed E-state index contributed by atoms with van der Waals surface area (Å²) >= 11 is 3.43. The first-order chi connectivity index (χ1) is 9.62. The molecule has 0 unspecified atom stereocenters. The molecule has 0 bridgehead atoms. The van der Waals surface area contributed by atoms with Crippen molar-refractivity contribution in [3.8, 4) is 11.5 Å². The highest BCUT2D eigenvalue weighted by molar-refractivity contribution is 9.10. The summed E-state index contributed by atoms with van der Waals surface area (Å²) in [6, 6.07) is 3.53.